The summed E-state index contributed by atoms with van der Waals surface area (Å²) in [4.78, 5) is 13.2. The molecule has 0 heterocycles. The van der Waals surface area contributed by atoms with Crippen LogP contribution in [0.25, 0.3) is 0 Å². The van der Waals surface area contributed by atoms with Crippen molar-refractivity contribution in [2.45, 2.75) is 11.8 Å². The van der Waals surface area contributed by atoms with Crippen molar-refractivity contribution in [1.29, 1.82) is 0 Å². The molecule has 0 aliphatic rings. The van der Waals surface area contributed by atoms with Crippen LogP contribution in [0.5, 0.6) is 0 Å². The van der Waals surface area contributed by atoms with Crippen molar-refractivity contribution in [2.24, 2.45) is 0 Å². The largest absolute Gasteiger partial charge is 0.273 e. The van der Waals surface area contributed by atoms with Gasteiger partial charge in [0.25, 0.3) is 15.9 Å². The Morgan fingerprint density at radius 3 is 2.50 bits per heavy atom. The first kappa shape index (κ1) is 16.4. The van der Waals surface area contributed by atoms with E-state index in [2.05, 4.69) is 0 Å². The number of carbonyl (C=O) groups is 1. The minimum absolute atomic E-state index is 0.0698. The minimum Gasteiger partial charge on any atom is -0.273 e. The third-order valence-corrected chi connectivity index (χ3v) is 4.39. The van der Waals surface area contributed by atoms with E-state index >= 15 is 0 Å². The van der Waals surface area contributed by atoms with Crippen LogP contribution in [0.1, 0.15) is 15.9 Å². The summed E-state index contributed by atoms with van der Waals surface area (Å²) in [5.41, 5.74) is 3.03. The van der Waals surface area contributed by atoms with Gasteiger partial charge in [-0.2, -0.15) is 0 Å². The summed E-state index contributed by atoms with van der Waals surface area (Å²) < 4.78 is 37.6. The van der Waals surface area contributed by atoms with Gasteiger partial charge in [0.2, 0.25) is 0 Å². The summed E-state index contributed by atoms with van der Waals surface area (Å²) in [6.45, 7) is 1.71. The fourth-order valence-corrected chi connectivity index (χ4v) is 2.82. The highest BCUT2D eigenvalue weighted by molar-refractivity contribution is 7.89. The van der Waals surface area contributed by atoms with Gasteiger partial charge in [-0.15, -0.1) is 4.83 Å². The van der Waals surface area contributed by atoms with Crippen molar-refractivity contribution in [2.75, 3.05) is 0 Å². The summed E-state index contributed by atoms with van der Waals surface area (Å²) in [6.07, 6.45) is 0. The number of aryl methyl sites for hydroxylation is 1. The summed E-state index contributed by atoms with van der Waals surface area (Å²) in [7, 11) is -4.24. The first-order valence-electron chi connectivity index (χ1n) is 6.14. The number of halogens is 2. The van der Waals surface area contributed by atoms with Crippen LogP contribution in [0.15, 0.2) is 47.4 Å². The van der Waals surface area contributed by atoms with E-state index in [0.29, 0.717) is 11.1 Å². The number of rotatable bonds is 4. The third kappa shape index (κ3) is 3.62. The lowest BCUT2D eigenvalue weighted by molar-refractivity contribution is 0.0944. The number of hydrogen-bond donors (Lipinski definition) is 2. The number of hydrogen-bond acceptors (Lipinski definition) is 3. The highest BCUT2D eigenvalue weighted by Gasteiger charge is 2.20. The van der Waals surface area contributed by atoms with Gasteiger partial charge in [-0.05, 0) is 36.8 Å². The van der Waals surface area contributed by atoms with Gasteiger partial charge >= 0.3 is 0 Å². The predicted octanol–water partition coefficient (Wildman–Crippen LogP) is 2.41. The lowest BCUT2D eigenvalue weighted by Gasteiger charge is -2.10. The molecule has 0 radical (unpaired) electrons. The van der Waals surface area contributed by atoms with E-state index in [1.165, 1.54) is 6.07 Å². The van der Waals surface area contributed by atoms with Crippen molar-refractivity contribution in [1.82, 2.24) is 10.3 Å². The van der Waals surface area contributed by atoms with Crippen molar-refractivity contribution < 1.29 is 17.6 Å². The van der Waals surface area contributed by atoms with E-state index in [1.807, 2.05) is 10.3 Å². The zero-order valence-corrected chi connectivity index (χ0v) is 13.0. The highest BCUT2D eigenvalue weighted by Crippen LogP contribution is 2.18. The number of carbonyl (C=O) groups excluding carboxylic acids is 1. The van der Waals surface area contributed by atoms with Gasteiger partial charge in [0, 0.05) is 10.6 Å². The predicted molar refractivity (Wildman–Crippen MR) is 80.4 cm³/mol. The van der Waals surface area contributed by atoms with Crippen LogP contribution >= 0.6 is 11.6 Å². The first-order chi connectivity index (χ1) is 10.3. The Balaban J connectivity index is 2.17. The van der Waals surface area contributed by atoms with E-state index in [1.54, 1.807) is 31.2 Å². The van der Waals surface area contributed by atoms with Crippen molar-refractivity contribution in [3.63, 3.8) is 0 Å². The van der Waals surface area contributed by atoms with Crippen LogP contribution in [0.4, 0.5) is 4.39 Å². The molecule has 0 aromatic heterocycles. The molecule has 2 N–H and O–H groups in total. The first-order valence-corrected chi connectivity index (χ1v) is 8.00. The number of nitrogens with one attached hydrogen (secondary N) is 2. The smallest absolute Gasteiger partial charge is 0.266 e. The second-order valence-electron chi connectivity index (χ2n) is 4.45. The molecular weight excluding hydrogens is 331 g/mol. The maximum atomic E-state index is 13.6. The Morgan fingerprint density at radius 2 is 1.86 bits per heavy atom. The van der Waals surface area contributed by atoms with Gasteiger partial charge in [-0.1, -0.05) is 29.8 Å². The van der Waals surface area contributed by atoms with Gasteiger partial charge in [-0.25, -0.2) is 12.8 Å². The molecular formula is C14H12ClFN2O3S. The van der Waals surface area contributed by atoms with Crippen LogP contribution in [-0.2, 0) is 10.0 Å². The average molecular weight is 343 g/mol. The molecule has 0 saturated carbocycles. The standard InChI is InChI=1S/C14H12ClFN2O3S/c1-9-4-2-3-5-11(9)14(19)17-18-22(20,21)13-7-6-10(15)8-12(13)16/h2-8,18H,1H3,(H,17,19). The minimum atomic E-state index is -4.24. The Morgan fingerprint density at radius 1 is 1.18 bits per heavy atom. The highest BCUT2D eigenvalue weighted by atomic mass is 35.5. The Hall–Kier alpha value is -1.96. The van der Waals surface area contributed by atoms with E-state index in [0.717, 1.165) is 12.1 Å². The average Bonchev–Trinajstić information content (AvgIpc) is 2.45. The maximum absolute atomic E-state index is 13.6. The molecule has 5 nitrogen and oxygen atoms in total. The number of benzene rings is 2. The van der Waals surface area contributed by atoms with Crippen LogP contribution in [0, 0.1) is 12.7 Å². The molecule has 0 atom stereocenters. The van der Waals surface area contributed by atoms with E-state index in [9.17, 15) is 17.6 Å². The van der Waals surface area contributed by atoms with Gasteiger partial charge in [0.1, 0.15) is 10.7 Å². The quantitative estimate of drug-likeness (QED) is 0.838. The van der Waals surface area contributed by atoms with E-state index in [-0.39, 0.29) is 5.02 Å². The number of sulfonamides is 1. The van der Waals surface area contributed by atoms with Gasteiger partial charge < -0.3 is 0 Å². The molecule has 0 aliphatic heterocycles. The van der Waals surface area contributed by atoms with E-state index < -0.39 is 26.6 Å². The van der Waals surface area contributed by atoms with Crippen molar-refractivity contribution in [3.8, 4) is 0 Å². The Labute approximate surface area is 132 Å². The fraction of sp³-hybridized carbons (Fsp3) is 0.0714. The van der Waals surface area contributed by atoms with Crippen LogP contribution in [-0.4, -0.2) is 14.3 Å². The van der Waals surface area contributed by atoms with Gasteiger partial charge in [0.05, 0.1) is 0 Å². The molecule has 0 unspecified atom stereocenters. The van der Waals surface area contributed by atoms with E-state index in [4.69, 9.17) is 11.6 Å². The Kier molecular flexibility index (Phi) is 4.80. The molecule has 0 fully saturated rings. The molecule has 0 spiro atoms. The third-order valence-electron chi connectivity index (χ3n) is 2.87. The molecule has 2 aromatic rings. The zero-order valence-electron chi connectivity index (χ0n) is 11.4. The SMILES string of the molecule is Cc1ccccc1C(=O)NNS(=O)(=O)c1ccc(Cl)cc1F. The summed E-state index contributed by atoms with van der Waals surface area (Å²) >= 11 is 5.57. The van der Waals surface area contributed by atoms with Gasteiger partial charge in [0.15, 0.2) is 0 Å². The molecule has 0 saturated heterocycles. The van der Waals surface area contributed by atoms with Crippen LogP contribution in [0.2, 0.25) is 5.02 Å². The van der Waals surface area contributed by atoms with Crippen molar-refractivity contribution >= 4 is 27.5 Å². The summed E-state index contributed by atoms with van der Waals surface area (Å²) in [5.74, 6) is -1.65. The maximum Gasteiger partial charge on any atom is 0.266 e. The lowest BCUT2D eigenvalue weighted by atomic mass is 10.1. The number of hydrazine groups is 1. The summed E-state index contributed by atoms with van der Waals surface area (Å²) in [6, 6.07) is 9.78. The van der Waals surface area contributed by atoms with Gasteiger partial charge in [-0.3, -0.25) is 10.2 Å². The molecule has 0 bridgehead atoms. The second-order valence-corrected chi connectivity index (χ2v) is 6.54. The number of amides is 1. The zero-order chi connectivity index (χ0) is 16.3. The van der Waals surface area contributed by atoms with Crippen LogP contribution < -0.4 is 10.3 Å². The Bertz CT molecular complexity index is 825. The molecule has 1 amide bonds. The van der Waals surface area contributed by atoms with Crippen LogP contribution in [0.3, 0.4) is 0 Å². The van der Waals surface area contributed by atoms with Crippen molar-refractivity contribution in [3.05, 3.63) is 64.4 Å². The molecule has 116 valence electrons. The monoisotopic (exact) mass is 342 g/mol. The molecule has 0 aliphatic carbocycles. The topological polar surface area (TPSA) is 75.3 Å². The lowest BCUT2D eigenvalue weighted by Crippen LogP contribution is -2.42. The molecule has 22 heavy (non-hydrogen) atoms. The summed E-state index contributed by atoms with van der Waals surface area (Å²) in [5, 5.41) is 0.0698. The molecule has 2 rings (SSSR count). The molecule has 2 aromatic carbocycles. The fourth-order valence-electron chi connectivity index (χ4n) is 1.76. The second kappa shape index (κ2) is 6.43. The normalized spacial score (nSPS) is 11.2. The molecule has 8 heteroatoms.